The van der Waals surface area contributed by atoms with Crippen LogP contribution >= 0.6 is 23.5 Å². The Labute approximate surface area is 584 Å². The van der Waals surface area contributed by atoms with Crippen molar-refractivity contribution in [2.75, 3.05) is 79.1 Å². The fraction of sp³-hybridized carbons (Fsp3) is 0.898. The van der Waals surface area contributed by atoms with Crippen molar-refractivity contribution in [3.05, 3.63) is 0 Å². The molecule has 6 amide bonds. The average molecular weight is 1520 g/mol. The first-order valence-electron chi connectivity index (χ1n) is 33.8. The van der Waals surface area contributed by atoms with Gasteiger partial charge in [0.2, 0.25) is 35.4 Å². The van der Waals surface area contributed by atoms with E-state index in [9.17, 15) is 103 Å². The van der Waals surface area contributed by atoms with Crippen molar-refractivity contribution in [3.8, 4) is 0 Å². The molecule has 6 rings (SSSR count). The smallest absolute Gasteiger partial charge is 0.394 e. The van der Waals surface area contributed by atoms with E-state index in [-0.39, 0.29) is 115 Å². The number of likely N-dealkylation sites (tertiary alicyclic amines) is 3. The molecule has 101 heavy (non-hydrogen) atoms. The van der Waals surface area contributed by atoms with Gasteiger partial charge in [0, 0.05) is 79.5 Å². The first-order chi connectivity index (χ1) is 47.3. The molecule has 6 heterocycles. The summed E-state index contributed by atoms with van der Waals surface area (Å²) in [5.74, 6) is -3.20. The van der Waals surface area contributed by atoms with Gasteiger partial charge in [0.1, 0.15) is 73.1 Å². The van der Waals surface area contributed by atoms with E-state index in [2.05, 4.69) is 16.0 Å². The van der Waals surface area contributed by atoms with Gasteiger partial charge in [0.25, 0.3) is 0 Å². The molecule has 0 bridgehead atoms. The zero-order valence-electron chi connectivity index (χ0n) is 57.7. The lowest BCUT2D eigenvalue weighted by atomic mass is 9.97. The van der Waals surface area contributed by atoms with Gasteiger partial charge in [-0.05, 0) is 84.5 Å². The summed E-state index contributed by atoms with van der Waals surface area (Å²) in [5.41, 5.74) is -1.15. The number of carbonyl (C=O) groups is 6. The predicted molar refractivity (Wildman–Crippen MR) is 343 cm³/mol. The highest BCUT2D eigenvalue weighted by molar-refractivity contribution is 7.48. The number of nitrogens with zero attached hydrogens (tertiary/aromatic N) is 3. The van der Waals surface area contributed by atoms with Crippen molar-refractivity contribution in [1.82, 2.24) is 30.7 Å². The summed E-state index contributed by atoms with van der Waals surface area (Å²) in [6.45, 7) is 5.38. The Hall–Kier alpha value is -3.45. The van der Waals surface area contributed by atoms with Crippen LogP contribution in [0.4, 0.5) is 0 Å². The number of hydrogen-bond donors (Lipinski definition) is 15. The number of phosphoric acid groups is 3. The quantitative estimate of drug-likeness (QED) is 0.0213. The highest BCUT2D eigenvalue weighted by Crippen LogP contribution is 2.51. The Morgan fingerprint density at radius 3 is 1.05 bits per heavy atom. The highest BCUT2D eigenvalue weighted by atomic mass is 31.2. The van der Waals surface area contributed by atoms with Gasteiger partial charge >= 0.3 is 23.5 Å². The third-order valence-corrected chi connectivity index (χ3v) is 20.9. The topological polar surface area (TPSA) is 553 Å². The van der Waals surface area contributed by atoms with Crippen molar-refractivity contribution in [1.29, 1.82) is 0 Å². The average Bonchev–Trinajstić information content (AvgIpc) is 1.66. The number of unbranched alkanes of at least 4 members (excludes halogenated alkanes) is 3. The summed E-state index contributed by atoms with van der Waals surface area (Å²) in [6, 6.07) is -6.50. The molecule has 0 saturated carbocycles. The van der Waals surface area contributed by atoms with Crippen LogP contribution in [0.5, 0.6) is 0 Å². The summed E-state index contributed by atoms with van der Waals surface area (Å²) in [4.78, 5) is 114. The van der Waals surface area contributed by atoms with Crippen molar-refractivity contribution >= 4 is 58.9 Å². The van der Waals surface area contributed by atoms with Crippen LogP contribution in [0.1, 0.15) is 126 Å². The van der Waals surface area contributed by atoms with E-state index in [1.807, 2.05) is 6.92 Å². The van der Waals surface area contributed by atoms with Gasteiger partial charge in [-0.2, -0.15) is 0 Å². The second-order valence-corrected chi connectivity index (χ2v) is 31.3. The molecular weight excluding hydrogens is 1410 g/mol. The van der Waals surface area contributed by atoms with Crippen molar-refractivity contribution in [2.45, 2.75) is 253 Å². The number of aliphatic hydroxyl groups excluding tert-OH is 9. The summed E-state index contributed by atoms with van der Waals surface area (Å²) in [7, 11) is -15.0. The monoisotopic (exact) mass is 1520 g/mol. The summed E-state index contributed by atoms with van der Waals surface area (Å²) >= 11 is 0. The number of hydrogen-bond acceptors (Lipinski definition) is 30. The van der Waals surface area contributed by atoms with Gasteiger partial charge in [-0.15, -0.1) is 0 Å². The van der Waals surface area contributed by atoms with Crippen LogP contribution in [0.15, 0.2) is 0 Å². The van der Waals surface area contributed by atoms with Crippen LogP contribution in [-0.2, 0) is 98.0 Å². The zero-order chi connectivity index (χ0) is 74.9. The van der Waals surface area contributed by atoms with Gasteiger partial charge in [0.05, 0.1) is 75.6 Å². The summed E-state index contributed by atoms with van der Waals surface area (Å²) < 4.78 is 108. The Bertz CT molecular complexity index is 2840. The number of rotatable bonds is 38. The largest absolute Gasteiger partial charge is 0.472 e. The molecule has 6 saturated heterocycles. The SMILES string of the molecule is CC(=O)NC1C(OCCCCC(=O)N2C[C@H](C)C[C@H]2COP(=O)(O)O[C@@H]2C[C@@H](COP(=O)(O)O[C@@H]3C[C@@H](COP(=O)(O)OC(C)(C)C)N(C(=O)CCCCOC4OC(CO)C(O)C(O)C4NC(C)=O)C3)N(C(=O)CCCCOC3OC(CO)C(O)C(O)C3NC(C)=O)C2)OC(CO)C(O)C1O. The number of nitrogens with one attached hydrogen (secondary N) is 3. The number of amides is 6. The van der Waals surface area contributed by atoms with E-state index >= 15 is 0 Å². The minimum Gasteiger partial charge on any atom is -0.394 e. The van der Waals surface area contributed by atoms with Gasteiger partial charge in [-0.25, -0.2) is 13.7 Å². The Balaban J connectivity index is 1.08. The minimum atomic E-state index is -5.20. The Morgan fingerprint density at radius 2 is 0.752 bits per heavy atom. The van der Waals surface area contributed by atoms with E-state index in [0.29, 0.717) is 12.8 Å². The third-order valence-electron chi connectivity index (χ3n) is 17.5. The summed E-state index contributed by atoms with van der Waals surface area (Å²) in [5, 5.41) is 99.4. The van der Waals surface area contributed by atoms with Crippen LogP contribution in [0.3, 0.4) is 0 Å². The van der Waals surface area contributed by atoms with Crippen LogP contribution in [0.25, 0.3) is 0 Å². The fourth-order valence-corrected chi connectivity index (χ4v) is 15.8. The molecule has 39 nitrogen and oxygen atoms in total. The molecule has 6 aliphatic rings. The number of ether oxygens (including phenoxy) is 6. The van der Waals surface area contributed by atoms with Crippen LogP contribution in [0, 0.1) is 5.92 Å². The molecule has 15 N–H and O–H groups in total. The molecule has 42 heteroatoms. The molecule has 6 aliphatic heterocycles. The molecule has 6 fully saturated rings. The third kappa shape index (κ3) is 26.5. The number of phosphoric ester groups is 3. The van der Waals surface area contributed by atoms with Crippen LogP contribution in [0.2, 0.25) is 0 Å². The maximum atomic E-state index is 14.1. The second-order valence-electron chi connectivity index (χ2n) is 27.1. The maximum Gasteiger partial charge on any atom is 0.472 e. The lowest BCUT2D eigenvalue weighted by Crippen LogP contribution is -2.64. The van der Waals surface area contributed by atoms with Gasteiger partial charge in [-0.1, -0.05) is 6.92 Å². The van der Waals surface area contributed by atoms with E-state index in [0.717, 1.165) is 0 Å². The van der Waals surface area contributed by atoms with Crippen LogP contribution < -0.4 is 16.0 Å². The Morgan fingerprint density at radius 1 is 0.455 bits per heavy atom. The first-order valence-corrected chi connectivity index (χ1v) is 38.3. The number of aliphatic hydroxyl groups is 9. The Kier molecular flexibility index (Phi) is 33.7. The zero-order valence-corrected chi connectivity index (χ0v) is 60.4. The van der Waals surface area contributed by atoms with Crippen molar-refractivity contribution in [3.63, 3.8) is 0 Å². The van der Waals surface area contributed by atoms with Crippen LogP contribution in [-0.4, -0.2) is 318 Å². The molecule has 0 aliphatic carbocycles. The molecule has 0 radical (unpaired) electrons. The second kappa shape index (κ2) is 39.4. The van der Waals surface area contributed by atoms with Gasteiger partial charge in [-0.3, -0.25) is 55.9 Å². The molecule has 0 spiro atoms. The van der Waals surface area contributed by atoms with Gasteiger partial charge in [0.15, 0.2) is 18.9 Å². The van der Waals surface area contributed by atoms with Crippen molar-refractivity contribution < 1.29 is 159 Å². The standard InChI is InChI=1S/C59H105N6O33P3/c1-32-20-36(63(23-32)44(72)14-8-11-17-87-56-47(60-33(2)69)53(78)50(75)41(26-66)93-56)29-90-99(81,82)96-39-21-37(64(24-39)45(73)15-9-12-18-88-57-48(61-34(3)70)54(79)51(76)42(27-67)94-57)30-91-100(83,84)97-40-22-38(31-92-101(85,86)98-59(5,6)7)65(25-40)46(74)16-10-13-19-89-58-49(62-35(4)71)55(80)52(77)43(28-68)95-58/h32,36-43,47-58,66-68,75-80H,8-31H2,1-7H3,(H,60,69)(H,61,70)(H,62,71)(H,81,82)(H,83,84)(H,85,86)/t32-,36+,37+,38+,39-,40-,41?,42?,43?,47?,48?,49?,50?,51?,52?,53?,54?,55?,56?,57?,58?/m1/s1. The normalized spacial score (nSPS) is 34.2. The van der Waals surface area contributed by atoms with E-state index < -0.39 is 221 Å². The molecular formula is C59H105N6O33P3. The lowest BCUT2D eigenvalue weighted by Gasteiger charge is -2.42. The van der Waals surface area contributed by atoms with E-state index in [1.165, 1.54) is 56.2 Å². The first kappa shape index (κ1) is 86.5. The molecule has 0 aromatic carbocycles. The molecule has 584 valence electrons. The maximum absolute atomic E-state index is 14.1. The highest BCUT2D eigenvalue weighted by Gasteiger charge is 2.50. The summed E-state index contributed by atoms with van der Waals surface area (Å²) in [6.07, 6.45) is -18.8. The fourth-order valence-electron chi connectivity index (χ4n) is 12.8. The minimum absolute atomic E-state index is 0.0103. The van der Waals surface area contributed by atoms with E-state index in [4.69, 9.17) is 55.6 Å². The molecule has 0 aromatic heterocycles. The van der Waals surface area contributed by atoms with Gasteiger partial charge < -0.3 is 120 Å². The molecule has 0 aromatic rings. The van der Waals surface area contributed by atoms with Crippen molar-refractivity contribution in [2.24, 2.45) is 5.92 Å². The molecule has 18 unspecified atom stereocenters. The lowest BCUT2D eigenvalue weighted by molar-refractivity contribution is -0.270. The molecule has 24 atom stereocenters. The number of carbonyl (C=O) groups excluding carboxylic acids is 6. The van der Waals surface area contributed by atoms with E-state index in [1.54, 1.807) is 0 Å². The predicted octanol–water partition coefficient (Wildman–Crippen LogP) is -3.25.